The molecule has 0 spiro atoms. The van der Waals surface area contributed by atoms with Crippen molar-refractivity contribution in [2.75, 3.05) is 13.6 Å². The van der Waals surface area contributed by atoms with Gasteiger partial charge in [-0.3, -0.25) is 9.59 Å². The second-order valence-corrected chi connectivity index (χ2v) is 10.5. The Labute approximate surface area is 216 Å². The SMILES string of the molecule is CCCCCN(C)C(=O)c1ccc(C(=O)N/N=C(\C)c2csc(-c3ccc(Cl)c(Cl)c3)c2O)s1. The smallest absolute Gasteiger partial charge is 0.281 e. The third kappa shape index (κ3) is 6.18. The fourth-order valence-corrected chi connectivity index (χ4v) is 5.36. The minimum absolute atomic E-state index is 0.0500. The summed E-state index contributed by atoms with van der Waals surface area (Å²) in [6.07, 6.45) is 3.11. The molecule has 34 heavy (non-hydrogen) atoms. The van der Waals surface area contributed by atoms with E-state index in [4.69, 9.17) is 23.2 Å². The van der Waals surface area contributed by atoms with Crippen LogP contribution in [0.5, 0.6) is 5.75 Å². The topological polar surface area (TPSA) is 82.0 Å². The fraction of sp³-hybridized carbons (Fsp3) is 0.292. The normalized spacial score (nSPS) is 11.5. The number of hydrogen-bond acceptors (Lipinski definition) is 6. The summed E-state index contributed by atoms with van der Waals surface area (Å²) in [5.41, 5.74) is 4.18. The molecule has 0 radical (unpaired) electrons. The number of carbonyl (C=O) groups is 2. The van der Waals surface area contributed by atoms with E-state index < -0.39 is 5.91 Å². The summed E-state index contributed by atoms with van der Waals surface area (Å²) in [5, 5.41) is 17.4. The Morgan fingerprint density at radius 1 is 1.12 bits per heavy atom. The largest absolute Gasteiger partial charge is 0.506 e. The van der Waals surface area contributed by atoms with E-state index in [1.165, 1.54) is 11.3 Å². The van der Waals surface area contributed by atoms with Crippen LogP contribution in [-0.4, -0.2) is 41.1 Å². The lowest BCUT2D eigenvalue weighted by Crippen LogP contribution is -2.27. The Kier molecular flexibility index (Phi) is 9.13. The van der Waals surface area contributed by atoms with Crippen LogP contribution in [0, 0.1) is 0 Å². The van der Waals surface area contributed by atoms with Crippen LogP contribution in [0.1, 0.15) is 58.0 Å². The van der Waals surface area contributed by atoms with Crippen molar-refractivity contribution in [2.45, 2.75) is 33.1 Å². The summed E-state index contributed by atoms with van der Waals surface area (Å²) in [7, 11) is 1.77. The first-order chi connectivity index (χ1) is 16.2. The molecule has 0 bridgehead atoms. The maximum absolute atomic E-state index is 12.6. The lowest BCUT2D eigenvalue weighted by atomic mass is 10.1. The molecule has 2 N–H and O–H groups in total. The van der Waals surface area contributed by atoms with Gasteiger partial charge in [0, 0.05) is 19.0 Å². The number of nitrogens with one attached hydrogen (secondary N) is 1. The zero-order chi connectivity index (χ0) is 24.8. The highest BCUT2D eigenvalue weighted by Crippen LogP contribution is 2.40. The molecule has 0 unspecified atom stereocenters. The van der Waals surface area contributed by atoms with Gasteiger partial charge < -0.3 is 10.0 Å². The molecule has 0 saturated heterocycles. The van der Waals surface area contributed by atoms with Crippen LogP contribution >= 0.6 is 45.9 Å². The molecule has 0 fully saturated rings. The monoisotopic (exact) mass is 537 g/mol. The number of amides is 2. The lowest BCUT2D eigenvalue weighted by molar-refractivity contribution is 0.0797. The van der Waals surface area contributed by atoms with Gasteiger partial charge in [-0.2, -0.15) is 5.10 Å². The van der Waals surface area contributed by atoms with Gasteiger partial charge >= 0.3 is 0 Å². The van der Waals surface area contributed by atoms with E-state index in [2.05, 4.69) is 17.5 Å². The molecule has 0 atom stereocenters. The first-order valence-electron chi connectivity index (χ1n) is 10.7. The van der Waals surface area contributed by atoms with Gasteiger partial charge in [-0.15, -0.1) is 22.7 Å². The number of carbonyl (C=O) groups excluding carboxylic acids is 2. The van der Waals surface area contributed by atoms with Crippen molar-refractivity contribution in [3.05, 3.63) is 61.1 Å². The zero-order valence-corrected chi connectivity index (χ0v) is 22.2. The number of aromatic hydroxyl groups is 1. The van der Waals surface area contributed by atoms with E-state index in [9.17, 15) is 14.7 Å². The van der Waals surface area contributed by atoms with Crippen LogP contribution in [0.4, 0.5) is 0 Å². The minimum Gasteiger partial charge on any atom is -0.506 e. The second-order valence-electron chi connectivity index (χ2n) is 7.69. The zero-order valence-electron chi connectivity index (χ0n) is 19.0. The van der Waals surface area contributed by atoms with Crippen molar-refractivity contribution in [2.24, 2.45) is 5.10 Å². The Morgan fingerprint density at radius 2 is 1.85 bits per heavy atom. The molecule has 1 aromatic carbocycles. The molecule has 2 amide bonds. The summed E-state index contributed by atoms with van der Waals surface area (Å²) in [6, 6.07) is 8.40. The van der Waals surface area contributed by atoms with Crippen molar-refractivity contribution in [3.8, 4) is 16.2 Å². The molecule has 2 heterocycles. The van der Waals surface area contributed by atoms with Gasteiger partial charge in [0.1, 0.15) is 5.75 Å². The van der Waals surface area contributed by atoms with E-state index in [1.54, 1.807) is 54.6 Å². The number of hydrogen-bond donors (Lipinski definition) is 2. The first-order valence-corrected chi connectivity index (χ1v) is 13.1. The van der Waals surface area contributed by atoms with E-state index >= 15 is 0 Å². The fourth-order valence-electron chi connectivity index (χ4n) is 3.16. The molecule has 10 heteroatoms. The molecular formula is C24H25Cl2N3O3S2. The lowest BCUT2D eigenvalue weighted by Gasteiger charge is -2.15. The van der Waals surface area contributed by atoms with Gasteiger partial charge in [0.25, 0.3) is 11.8 Å². The number of unbranched alkanes of at least 4 members (excludes halogenated alkanes) is 2. The van der Waals surface area contributed by atoms with Crippen molar-refractivity contribution in [1.29, 1.82) is 0 Å². The molecule has 2 aromatic heterocycles. The van der Waals surface area contributed by atoms with Crippen molar-refractivity contribution < 1.29 is 14.7 Å². The Bertz CT molecular complexity index is 1220. The summed E-state index contributed by atoms with van der Waals surface area (Å²) in [6.45, 7) is 4.49. The highest BCUT2D eigenvalue weighted by Gasteiger charge is 2.18. The number of benzene rings is 1. The van der Waals surface area contributed by atoms with Crippen LogP contribution in [0.3, 0.4) is 0 Å². The second kappa shape index (κ2) is 11.8. The molecule has 180 valence electrons. The van der Waals surface area contributed by atoms with Gasteiger partial charge in [-0.05, 0) is 43.2 Å². The van der Waals surface area contributed by atoms with Crippen molar-refractivity contribution in [3.63, 3.8) is 0 Å². The molecule has 3 aromatic rings. The predicted octanol–water partition coefficient (Wildman–Crippen LogP) is 6.91. The van der Waals surface area contributed by atoms with Gasteiger partial charge in [0.2, 0.25) is 0 Å². The number of halogens is 2. The predicted molar refractivity (Wildman–Crippen MR) is 142 cm³/mol. The maximum Gasteiger partial charge on any atom is 0.281 e. The first kappa shape index (κ1) is 26.2. The van der Waals surface area contributed by atoms with E-state index in [1.807, 2.05) is 0 Å². The molecule has 0 aliphatic carbocycles. The van der Waals surface area contributed by atoms with E-state index in [0.29, 0.717) is 42.5 Å². The Morgan fingerprint density at radius 3 is 2.56 bits per heavy atom. The molecule has 6 nitrogen and oxygen atoms in total. The number of rotatable bonds is 9. The third-order valence-corrected chi connectivity index (χ3v) is 7.98. The van der Waals surface area contributed by atoms with Crippen molar-refractivity contribution in [1.82, 2.24) is 10.3 Å². The van der Waals surface area contributed by atoms with Gasteiger partial charge in [-0.25, -0.2) is 5.43 Å². The minimum atomic E-state index is -0.420. The van der Waals surface area contributed by atoms with Gasteiger partial charge in [0.05, 0.1) is 36.0 Å². The molecule has 0 aliphatic heterocycles. The Balaban J connectivity index is 1.67. The van der Waals surface area contributed by atoms with Crippen LogP contribution < -0.4 is 5.43 Å². The number of thiophene rings is 2. The average Bonchev–Trinajstić information content (AvgIpc) is 3.46. The molecular weight excluding hydrogens is 513 g/mol. The highest BCUT2D eigenvalue weighted by molar-refractivity contribution is 7.16. The number of hydrazone groups is 1. The molecule has 0 aliphatic rings. The molecule has 0 saturated carbocycles. The standard InChI is InChI=1S/C24H25Cl2N3O3S2/c1-4-5-6-11-29(3)24(32)20-10-9-19(34-20)23(31)28-27-14(2)16-13-33-22(21(16)30)15-7-8-17(25)18(26)12-15/h7-10,12-13,30H,4-6,11H2,1-3H3,(H,28,31)/b27-14+. The molecule has 3 rings (SSSR count). The summed E-state index contributed by atoms with van der Waals surface area (Å²) in [4.78, 5) is 28.3. The maximum atomic E-state index is 12.6. The third-order valence-electron chi connectivity index (χ3n) is 5.15. The van der Waals surface area contributed by atoms with Crippen LogP contribution in [0.2, 0.25) is 10.0 Å². The number of nitrogens with zero attached hydrogens (tertiary/aromatic N) is 2. The summed E-state index contributed by atoms with van der Waals surface area (Å²) < 4.78 is 0. The summed E-state index contributed by atoms with van der Waals surface area (Å²) in [5.74, 6) is -0.469. The van der Waals surface area contributed by atoms with E-state index in [-0.39, 0.29) is 11.7 Å². The van der Waals surface area contributed by atoms with Crippen LogP contribution in [-0.2, 0) is 0 Å². The van der Waals surface area contributed by atoms with Gasteiger partial charge in [-0.1, -0.05) is 49.0 Å². The van der Waals surface area contributed by atoms with Crippen LogP contribution in [0.15, 0.2) is 40.8 Å². The van der Waals surface area contributed by atoms with Gasteiger partial charge in [0.15, 0.2) is 0 Å². The Hall–Kier alpha value is -2.39. The average molecular weight is 539 g/mol. The highest BCUT2D eigenvalue weighted by atomic mass is 35.5. The van der Waals surface area contributed by atoms with Crippen LogP contribution in [0.25, 0.3) is 10.4 Å². The van der Waals surface area contributed by atoms with Crippen molar-refractivity contribution >= 4 is 63.4 Å². The van der Waals surface area contributed by atoms with E-state index in [0.717, 1.165) is 36.2 Å². The quantitative estimate of drug-likeness (QED) is 0.177. The summed E-state index contributed by atoms with van der Waals surface area (Å²) >= 11 is 14.5.